The van der Waals surface area contributed by atoms with Gasteiger partial charge in [0.2, 0.25) is 0 Å². The number of hydrogen-bond donors (Lipinski definition) is 1. The molecule has 2 aromatic carbocycles. The fourth-order valence-corrected chi connectivity index (χ4v) is 3.22. The minimum Gasteiger partial charge on any atom is -0.497 e. The highest BCUT2D eigenvalue weighted by molar-refractivity contribution is 7.80. The minimum atomic E-state index is -0.616. The lowest BCUT2D eigenvalue weighted by Gasteiger charge is -2.29. The molecular weight excluding hydrogens is 408 g/mol. The van der Waals surface area contributed by atoms with Crippen molar-refractivity contribution in [1.82, 2.24) is 5.32 Å². The second-order valence-electron chi connectivity index (χ2n) is 6.10. The van der Waals surface area contributed by atoms with Gasteiger partial charge in [-0.15, -0.1) is 0 Å². The van der Waals surface area contributed by atoms with Crippen LogP contribution in [0.15, 0.2) is 42.0 Å². The van der Waals surface area contributed by atoms with Gasteiger partial charge in [-0.2, -0.15) is 0 Å². The van der Waals surface area contributed by atoms with Gasteiger partial charge in [0.05, 0.1) is 39.7 Å². The van der Waals surface area contributed by atoms with Gasteiger partial charge in [0.25, 0.3) is 11.8 Å². The number of nitrogens with zero attached hydrogens (tertiary/aromatic N) is 1. The molecule has 0 saturated carbocycles. The van der Waals surface area contributed by atoms with Gasteiger partial charge >= 0.3 is 0 Å². The summed E-state index contributed by atoms with van der Waals surface area (Å²) in [6.07, 6.45) is 1.41. The van der Waals surface area contributed by atoms with Crippen molar-refractivity contribution in [1.29, 1.82) is 0 Å². The molecule has 1 fully saturated rings. The average Bonchev–Trinajstić information content (AvgIpc) is 2.76. The summed E-state index contributed by atoms with van der Waals surface area (Å²) in [6, 6.07) is 10.00. The molecule has 1 heterocycles. The Kier molecular flexibility index (Phi) is 6.22. The Balaban J connectivity index is 2.08. The number of amides is 2. The number of thiocarbonyl (C=S) groups is 1. The largest absolute Gasteiger partial charge is 0.497 e. The number of carbonyl (C=O) groups is 2. The van der Waals surface area contributed by atoms with Gasteiger partial charge in [-0.25, -0.2) is 0 Å². The van der Waals surface area contributed by atoms with Crippen molar-refractivity contribution in [3.63, 3.8) is 0 Å². The van der Waals surface area contributed by atoms with Gasteiger partial charge in [0.15, 0.2) is 5.11 Å². The molecule has 1 aliphatic rings. The number of methoxy groups -OCH3 is 4. The summed E-state index contributed by atoms with van der Waals surface area (Å²) in [5.74, 6) is 0.698. The van der Waals surface area contributed by atoms with E-state index in [1.807, 2.05) is 0 Å². The molecule has 2 aromatic rings. The Morgan fingerprint density at radius 3 is 1.93 bits per heavy atom. The average molecular weight is 428 g/mol. The molecule has 0 aliphatic carbocycles. The van der Waals surface area contributed by atoms with E-state index in [1.165, 1.54) is 32.3 Å². The Morgan fingerprint density at radius 2 is 1.43 bits per heavy atom. The molecule has 0 radical (unpaired) electrons. The predicted octanol–water partition coefficient (Wildman–Crippen LogP) is 2.55. The Labute approximate surface area is 179 Å². The van der Waals surface area contributed by atoms with Crippen LogP contribution in [0.3, 0.4) is 0 Å². The van der Waals surface area contributed by atoms with Crippen LogP contribution in [0.25, 0.3) is 6.08 Å². The zero-order chi connectivity index (χ0) is 21.8. The van der Waals surface area contributed by atoms with Crippen molar-refractivity contribution < 1.29 is 28.5 Å². The molecular formula is C21H20N2O6S. The van der Waals surface area contributed by atoms with Crippen molar-refractivity contribution in [2.24, 2.45) is 0 Å². The highest BCUT2D eigenvalue weighted by atomic mass is 32.1. The first-order chi connectivity index (χ1) is 14.4. The zero-order valence-electron chi connectivity index (χ0n) is 16.8. The van der Waals surface area contributed by atoms with Crippen molar-refractivity contribution in [3.05, 3.63) is 47.5 Å². The van der Waals surface area contributed by atoms with Crippen molar-refractivity contribution in [2.45, 2.75) is 0 Å². The van der Waals surface area contributed by atoms with E-state index in [0.717, 1.165) is 0 Å². The number of ether oxygens (including phenoxy) is 4. The van der Waals surface area contributed by atoms with Crippen LogP contribution in [0.1, 0.15) is 5.56 Å². The lowest BCUT2D eigenvalue weighted by Crippen LogP contribution is -2.54. The maximum absolute atomic E-state index is 13.2. The third-order valence-corrected chi connectivity index (χ3v) is 4.76. The molecule has 30 heavy (non-hydrogen) atoms. The number of rotatable bonds is 6. The van der Waals surface area contributed by atoms with Crippen LogP contribution in [-0.2, 0) is 9.59 Å². The van der Waals surface area contributed by atoms with E-state index in [-0.39, 0.29) is 10.7 Å². The third kappa shape index (κ3) is 3.92. The van der Waals surface area contributed by atoms with Crippen LogP contribution in [-0.4, -0.2) is 45.4 Å². The monoisotopic (exact) mass is 428 g/mol. The van der Waals surface area contributed by atoms with Crippen LogP contribution in [0.2, 0.25) is 0 Å². The lowest BCUT2D eigenvalue weighted by atomic mass is 10.0. The smallest absolute Gasteiger partial charge is 0.270 e. The first-order valence-electron chi connectivity index (χ1n) is 8.79. The number of carbonyl (C=O) groups excluding carboxylic acids is 2. The highest BCUT2D eigenvalue weighted by Crippen LogP contribution is 2.36. The molecule has 2 amide bonds. The zero-order valence-corrected chi connectivity index (χ0v) is 17.7. The summed E-state index contributed by atoms with van der Waals surface area (Å²) < 4.78 is 21.2. The van der Waals surface area contributed by atoms with Crippen LogP contribution in [0.5, 0.6) is 23.0 Å². The molecule has 156 valence electrons. The molecule has 8 nitrogen and oxygen atoms in total. The van der Waals surface area contributed by atoms with Crippen molar-refractivity contribution in [3.8, 4) is 23.0 Å². The fourth-order valence-electron chi connectivity index (χ4n) is 2.94. The molecule has 0 atom stereocenters. The van der Waals surface area contributed by atoms with Crippen molar-refractivity contribution >= 4 is 40.9 Å². The van der Waals surface area contributed by atoms with Crippen LogP contribution in [0, 0.1) is 0 Å². The maximum atomic E-state index is 13.2. The van der Waals surface area contributed by atoms with E-state index in [1.54, 1.807) is 43.5 Å². The molecule has 1 N–H and O–H groups in total. The predicted molar refractivity (Wildman–Crippen MR) is 115 cm³/mol. The summed E-state index contributed by atoms with van der Waals surface area (Å²) in [7, 11) is 6.00. The number of nitrogens with one attached hydrogen (secondary N) is 1. The van der Waals surface area contributed by atoms with Gasteiger partial charge in [-0.3, -0.25) is 19.8 Å². The molecule has 9 heteroatoms. The summed E-state index contributed by atoms with van der Waals surface area (Å²) >= 11 is 5.22. The molecule has 0 aromatic heterocycles. The van der Waals surface area contributed by atoms with Crippen molar-refractivity contribution in [2.75, 3.05) is 33.3 Å². The molecule has 1 saturated heterocycles. The Bertz CT molecular complexity index is 1010. The second kappa shape index (κ2) is 8.83. The SMILES string of the molecule is COc1ccc(N2C(=O)C(=Cc3c(OC)cc(OC)cc3OC)C(=O)NC2=S)cc1. The van der Waals surface area contributed by atoms with Gasteiger partial charge in [-0.05, 0) is 42.6 Å². The second-order valence-corrected chi connectivity index (χ2v) is 6.49. The molecule has 1 aliphatic heterocycles. The van der Waals surface area contributed by atoms with Gasteiger partial charge in [0, 0.05) is 12.1 Å². The normalized spacial score (nSPS) is 15.1. The maximum Gasteiger partial charge on any atom is 0.270 e. The number of anilines is 1. The van der Waals surface area contributed by atoms with Crippen LogP contribution < -0.4 is 29.2 Å². The van der Waals surface area contributed by atoms with E-state index in [9.17, 15) is 9.59 Å². The number of benzene rings is 2. The van der Waals surface area contributed by atoms with Gasteiger partial charge in [0.1, 0.15) is 28.6 Å². The molecule has 0 unspecified atom stereocenters. The van der Waals surface area contributed by atoms with E-state index in [0.29, 0.717) is 34.2 Å². The first-order valence-corrected chi connectivity index (χ1v) is 9.19. The molecule has 0 spiro atoms. The van der Waals surface area contributed by atoms with Crippen LogP contribution in [0.4, 0.5) is 5.69 Å². The quantitative estimate of drug-likeness (QED) is 0.430. The third-order valence-electron chi connectivity index (χ3n) is 4.47. The van der Waals surface area contributed by atoms with Crippen LogP contribution >= 0.6 is 12.2 Å². The Morgan fingerprint density at radius 1 is 0.867 bits per heavy atom. The summed E-state index contributed by atoms with van der Waals surface area (Å²) in [6.45, 7) is 0. The van der Waals surface area contributed by atoms with E-state index in [2.05, 4.69) is 5.32 Å². The molecule has 0 bridgehead atoms. The Hall–Kier alpha value is -3.59. The topological polar surface area (TPSA) is 86.3 Å². The fraction of sp³-hybridized carbons (Fsp3) is 0.190. The standard InChI is InChI=1S/C21H20N2O6S/c1-26-13-7-5-12(6-8-13)23-20(25)16(19(24)22-21(23)30)11-15-17(28-3)9-14(27-2)10-18(15)29-4/h5-11H,1-4H3,(H,22,24,30). The number of hydrogen-bond acceptors (Lipinski definition) is 7. The summed E-state index contributed by atoms with van der Waals surface area (Å²) in [5.41, 5.74) is 0.786. The lowest BCUT2D eigenvalue weighted by molar-refractivity contribution is -0.122. The minimum absolute atomic E-state index is 0.0130. The van der Waals surface area contributed by atoms with Gasteiger partial charge < -0.3 is 18.9 Å². The summed E-state index contributed by atoms with van der Waals surface area (Å²) in [5, 5.41) is 2.53. The van der Waals surface area contributed by atoms with E-state index < -0.39 is 11.8 Å². The first kappa shape index (κ1) is 21.1. The molecule has 3 rings (SSSR count). The summed E-state index contributed by atoms with van der Waals surface area (Å²) in [4.78, 5) is 27.0. The van der Waals surface area contributed by atoms with Gasteiger partial charge in [-0.1, -0.05) is 0 Å². The van der Waals surface area contributed by atoms with E-state index in [4.69, 9.17) is 31.2 Å². The van der Waals surface area contributed by atoms with E-state index >= 15 is 0 Å². The highest BCUT2D eigenvalue weighted by Gasteiger charge is 2.35.